The molecule has 1 N–H and O–H groups in total. The van der Waals surface area contributed by atoms with Crippen LogP contribution in [0.1, 0.15) is 36.2 Å². The lowest BCUT2D eigenvalue weighted by Gasteiger charge is -2.34. The number of nitrogens with zero attached hydrogens (tertiary/aromatic N) is 1. The first kappa shape index (κ1) is 23.9. The number of sulfonamides is 1. The van der Waals surface area contributed by atoms with Gasteiger partial charge in [-0.2, -0.15) is 4.31 Å². The van der Waals surface area contributed by atoms with Crippen LogP contribution < -0.4 is 5.32 Å². The van der Waals surface area contributed by atoms with E-state index in [1.54, 1.807) is 6.07 Å². The summed E-state index contributed by atoms with van der Waals surface area (Å²) in [6.45, 7) is 5.01. The molecule has 0 aromatic heterocycles. The Labute approximate surface area is 189 Å². The van der Waals surface area contributed by atoms with Crippen LogP contribution in [0.3, 0.4) is 0 Å². The van der Waals surface area contributed by atoms with Gasteiger partial charge in [0.1, 0.15) is 6.04 Å². The second-order valence-corrected chi connectivity index (χ2v) is 10.5. The van der Waals surface area contributed by atoms with Crippen LogP contribution >= 0.6 is 0 Å². The number of benzene rings is 2. The fraction of sp³-hybridized carbons (Fsp3) is 0.417. The number of carbonyl (C=O) groups excluding carboxylic acids is 2. The van der Waals surface area contributed by atoms with Crippen LogP contribution in [-0.2, 0) is 26.0 Å². The van der Waals surface area contributed by atoms with Gasteiger partial charge in [0.05, 0.1) is 12.0 Å². The maximum absolute atomic E-state index is 13.2. The van der Waals surface area contributed by atoms with E-state index >= 15 is 0 Å². The van der Waals surface area contributed by atoms with Crippen molar-refractivity contribution >= 4 is 21.9 Å². The molecule has 7 nitrogen and oxygen atoms in total. The van der Waals surface area contributed by atoms with Crippen LogP contribution in [0, 0.1) is 11.8 Å². The Morgan fingerprint density at radius 1 is 1.06 bits per heavy atom. The average Bonchev–Trinajstić information content (AvgIpc) is 2.78. The fourth-order valence-corrected chi connectivity index (χ4v) is 5.90. The van der Waals surface area contributed by atoms with Crippen LogP contribution in [0.15, 0.2) is 59.5 Å². The quantitative estimate of drug-likeness (QED) is 0.644. The van der Waals surface area contributed by atoms with Gasteiger partial charge in [-0.1, -0.05) is 50.2 Å². The molecule has 0 aliphatic carbocycles. The van der Waals surface area contributed by atoms with Crippen LogP contribution in [0.25, 0.3) is 0 Å². The summed E-state index contributed by atoms with van der Waals surface area (Å²) in [6, 6.07) is 14.3. The molecule has 8 heteroatoms. The first-order chi connectivity index (χ1) is 15.2. The standard InChI is InChI=1S/C24H30N2O5S/c1-17-12-18(2)16-26(15-17)32(29,30)21-11-7-10-20(14-21)23(27)25-22(24(28)31-3)13-19-8-5-4-6-9-19/h4-11,14,17-18,22H,12-13,15-16H2,1-3H3,(H,25,27)/t17-,18-,22+/m1/s1. The maximum atomic E-state index is 13.2. The number of esters is 1. The zero-order valence-electron chi connectivity index (χ0n) is 18.7. The first-order valence-electron chi connectivity index (χ1n) is 10.7. The highest BCUT2D eigenvalue weighted by Gasteiger charge is 2.32. The number of carbonyl (C=O) groups is 2. The SMILES string of the molecule is COC(=O)[C@H](Cc1ccccc1)NC(=O)c1cccc(S(=O)(=O)N2C[C@H](C)C[C@@H](C)C2)c1. The molecular formula is C24H30N2O5S. The number of nitrogens with one attached hydrogen (secondary N) is 1. The third-order valence-corrected chi connectivity index (χ3v) is 7.47. The van der Waals surface area contributed by atoms with Crippen molar-refractivity contribution in [2.75, 3.05) is 20.2 Å². The molecule has 172 valence electrons. The van der Waals surface area contributed by atoms with E-state index in [0.29, 0.717) is 13.1 Å². The summed E-state index contributed by atoms with van der Waals surface area (Å²) in [5.74, 6) is -0.548. The number of amides is 1. The lowest BCUT2D eigenvalue weighted by atomic mass is 9.94. The van der Waals surface area contributed by atoms with E-state index in [9.17, 15) is 18.0 Å². The average molecular weight is 459 g/mol. The molecule has 1 heterocycles. The van der Waals surface area contributed by atoms with Crippen molar-refractivity contribution in [1.82, 2.24) is 9.62 Å². The zero-order chi connectivity index (χ0) is 23.3. The summed E-state index contributed by atoms with van der Waals surface area (Å²) in [5, 5.41) is 2.68. The molecule has 0 saturated carbocycles. The van der Waals surface area contributed by atoms with Crippen molar-refractivity contribution < 1.29 is 22.7 Å². The van der Waals surface area contributed by atoms with E-state index in [2.05, 4.69) is 5.32 Å². The molecule has 0 bridgehead atoms. The summed E-state index contributed by atoms with van der Waals surface area (Å²) in [5.41, 5.74) is 1.04. The smallest absolute Gasteiger partial charge is 0.328 e. The van der Waals surface area contributed by atoms with Gasteiger partial charge >= 0.3 is 5.97 Å². The van der Waals surface area contributed by atoms with E-state index in [4.69, 9.17) is 4.74 Å². The van der Waals surface area contributed by atoms with E-state index in [1.165, 1.54) is 29.6 Å². The van der Waals surface area contributed by atoms with Crippen molar-refractivity contribution in [3.63, 3.8) is 0 Å². The minimum atomic E-state index is -3.72. The molecule has 1 aliphatic rings. The summed E-state index contributed by atoms with van der Waals surface area (Å²) < 4.78 is 32.7. The first-order valence-corrected chi connectivity index (χ1v) is 12.2. The van der Waals surface area contributed by atoms with Crippen LogP contribution in [0.4, 0.5) is 0 Å². The van der Waals surface area contributed by atoms with Gasteiger partial charge in [-0.05, 0) is 42.0 Å². The van der Waals surface area contributed by atoms with Gasteiger partial charge in [-0.15, -0.1) is 0 Å². The van der Waals surface area contributed by atoms with Crippen LogP contribution in [-0.4, -0.2) is 50.8 Å². The number of rotatable bonds is 7. The van der Waals surface area contributed by atoms with Crippen LogP contribution in [0.5, 0.6) is 0 Å². The zero-order valence-corrected chi connectivity index (χ0v) is 19.5. The Morgan fingerprint density at radius 3 is 2.34 bits per heavy atom. The van der Waals surface area contributed by atoms with Gasteiger partial charge in [0, 0.05) is 25.1 Å². The van der Waals surface area contributed by atoms with Crippen molar-refractivity contribution in [3.05, 3.63) is 65.7 Å². The Hall–Kier alpha value is -2.71. The minimum Gasteiger partial charge on any atom is -0.467 e. The molecule has 1 amide bonds. The Balaban J connectivity index is 1.79. The monoisotopic (exact) mass is 458 g/mol. The van der Waals surface area contributed by atoms with Crippen LogP contribution in [0.2, 0.25) is 0 Å². The molecule has 3 atom stereocenters. The molecule has 0 radical (unpaired) electrons. The Kier molecular flexibility index (Phi) is 7.69. The number of methoxy groups -OCH3 is 1. The Morgan fingerprint density at radius 2 is 1.72 bits per heavy atom. The van der Waals surface area contributed by atoms with Crippen molar-refractivity contribution in [3.8, 4) is 0 Å². The summed E-state index contributed by atoms with van der Waals surface area (Å²) in [6.07, 6.45) is 1.26. The second-order valence-electron chi connectivity index (χ2n) is 8.53. The highest BCUT2D eigenvalue weighted by Crippen LogP contribution is 2.27. The highest BCUT2D eigenvalue weighted by molar-refractivity contribution is 7.89. The molecule has 1 aliphatic heterocycles. The fourth-order valence-electron chi connectivity index (χ4n) is 4.18. The molecule has 2 aromatic carbocycles. The molecular weight excluding hydrogens is 428 g/mol. The van der Waals surface area contributed by atoms with Crippen molar-refractivity contribution in [2.24, 2.45) is 11.8 Å². The van der Waals surface area contributed by atoms with E-state index < -0.39 is 27.9 Å². The summed E-state index contributed by atoms with van der Waals surface area (Å²) in [7, 11) is -2.46. The van der Waals surface area contributed by atoms with E-state index in [-0.39, 0.29) is 28.7 Å². The van der Waals surface area contributed by atoms with Crippen molar-refractivity contribution in [1.29, 1.82) is 0 Å². The topological polar surface area (TPSA) is 92.8 Å². The van der Waals surface area contributed by atoms with Gasteiger partial charge in [-0.3, -0.25) is 4.79 Å². The predicted octanol–water partition coefficient (Wildman–Crippen LogP) is 2.87. The van der Waals surface area contributed by atoms with Gasteiger partial charge in [0.25, 0.3) is 5.91 Å². The molecule has 3 rings (SSSR count). The lowest BCUT2D eigenvalue weighted by Crippen LogP contribution is -2.43. The van der Waals surface area contributed by atoms with E-state index in [0.717, 1.165) is 12.0 Å². The number of ether oxygens (including phenoxy) is 1. The third-order valence-electron chi connectivity index (χ3n) is 5.64. The lowest BCUT2D eigenvalue weighted by molar-refractivity contribution is -0.142. The molecule has 0 unspecified atom stereocenters. The van der Waals surface area contributed by atoms with Gasteiger partial charge in [0.2, 0.25) is 10.0 Å². The normalized spacial score (nSPS) is 20.3. The molecule has 1 fully saturated rings. The van der Waals surface area contributed by atoms with Crippen molar-refractivity contribution in [2.45, 2.75) is 37.6 Å². The summed E-state index contributed by atoms with van der Waals surface area (Å²) >= 11 is 0. The Bertz CT molecular complexity index is 1050. The number of hydrogen-bond donors (Lipinski definition) is 1. The molecule has 32 heavy (non-hydrogen) atoms. The number of piperidine rings is 1. The van der Waals surface area contributed by atoms with Gasteiger partial charge < -0.3 is 10.1 Å². The highest BCUT2D eigenvalue weighted by atomic mass is 32.2. The van der Waals surface area contributed by atoms with E-state index in [1.807, 2.05) is 44.2 Å². The maximum Gasteiger partial charge on any atom is 0.328 e. The molecule has 1 saturated heterocycles. The largest absolute Gasteiger partial charge is 0.467 e. The molecule has 2 aromatic rings. The predicted molar refractivity (Wildman–Crippen MR) is 122 cm³/mol. The number of hydrogen-bond acceptors (Lipinski definition) is 5. The minimum absolute atomic E-state index is 0.0733. The summed E-state index contributed by atoms with van der Waals surface area (Å²) in [4.78, 5) is 25.2. The van der Waals surface area contributed by atoms with Gasteiger partial charge in [-0.25, -0.2) is 13.2 Å². The van der Waals surface area contributed by atoms with Gasteiger partial charge in [0.15, 0.2) is 0 Å². The third kappa shape index (κ3) is 5.75. The molecule has 0 spiro atoms. The second kappa shape index (κ2) is 10.3.